The molecule has 7 nitrogen and oxygen atoms in total. The Kier molecular flexibility index (Phi) is 8.03. The van der Waals surface area contributed by atoms with Crippen molar-refractivity contribution in [1.29, 1.82) is 0 Å². The lowest BCUT2D eigenvalue weighted by Crippen LogP contribution is -2.23. The molecule has 0 heterocycles. The van der Waals surface area contributed by atoms with Crippen LogP contribution < -0.4 is 10.0 Å². The maximum Gasteiger partial charge on any atom is 0.338 e. The first-order valence-electron chi connectivity index (χ1n) is 10.9. The van der Waals surface area contributed by atoms with Crippen molar-refractivity contribution < 1.29 is 27.1 Å². The summed E-state index contributed by atoms with van der Waals surface area (Å²) in [7, 11) is -3.71. The van der Waals surface area contributed by atoms with Crippen LogP contribution in [0, 0.1) is 5.82 Å². The van der Waals surface area contributed by atoms with Gasteiger partial charge in [0.2, 0.25) is 10.0 Å². The van der Waals surface area contributed by atoms with Crippen LogP contribution in [0.25, 0.3) is 0 Å². The molecule has 3 rings (SSSR count). The molecular formula is C26H27FN2O5S. The highest BCUT2D eigenvalue weighted by Crippen LogP contribution is 2.23. The number of esters is 1. The molecule has 0 fully saturated rings. The van der Waals surface area contributed by atoms with Crippen molar-refractivity contribution in [3.8, 4) is 0 Å². The van der Waals surface area contributed by atoms with Crippen molar-refractivity contribution in [3.05, 3.63) is 95.3 Å². The zero-order valence-corrected chi connectivity index (χ0v) is 20.5. The molecule has 184 valence electrons. The SMILES string of the molecule is CC(C)(C)c1ccc(S(=O)(=O)NCc2ccc(C(=O)OCC(=O)Nc3ccccc3F)cc2)cc1. The van der Waals surface area contributed by atoms with Gasteiger partial charge in [-0.25, -0.2) is 22.3 Å². The number of ether oxygens (including phenoxy) is 1. The molecule has 0 aromatic heterocycles. The second kappa shape index (κ2) is 10.8. The van der Waals surface area contributed by atoms with Gasteiger partial charge in [-0.2, -0.15) is 0 Å². The van der Waals surface area contributed by atoms with Gasteiger partial charge in [-0.3, -0.25) is 4.79 Å². The summed E-state index contributed by atoms with van der Waals surface area (Å²) < 4.78 is 46.3. The van der Waals surface area contributed by atoms with E-state index in [9.17, 15) is 22.4 Å². The quantitative estimate of drug-likeness (QED) is 0.449. The van der Waals surface area contributed by atoms with Gasteiger partial charge in [0.25, 0.3) is 5.91 Å². The molecule has 0 unspecified atom stereocenters. The van der Waals surface area contributed by atoms with E-state index in [-0.39, 0.29) is 28.1 Å². The number of para-hydroxylation sites is 1. The molecule has 3 aromatic carbocycles. The number of carbonyl (C=O) groups excluding carboxylic acids is 2. The van der Waals surface area contributed by atoms with E-state index >= 15 is 0 Å². The number of sulfonamides is 1. The first-order valence-corrected chi connectivity index (χ1v) is 12.3. The summed E-state index contributed by atoms with van der Waals surface area (Å²) in [6.07, 6.45) is 0. The van der Waals surface area contributed by atoms with Crippen LogP contribution >= 0.6 is 0 Å². The predicted molar refractivity (Wildman–Crippen MR) is 131 cm³/mol. The molecule has 0 saturated heterocycles. The average molecular weight is 499 g/mol. The summed E-state index contributed by atoms with van der Waals surface area (Å²) >= 11 is 0. The minimum Gasteiger partial charge on any atom is -0.452 e. The van der Waals surface area contributed by atoms with Gasteiger partial charge in [0.1, 0.15) is 5.82 Å². The topological polar surface area (TPSA) is 102 Å². The van der Waals surface area contributed by atoms with Crippen LogP contribution in [0.15, 0.2) is 77.7 Å². The summed E-state index contributed by atoms with van der Waals surface area (Å²) in [6.45, 7) is 5.60. The maximum absolute atomic E-state index is 13.6. The van der Waals surface area contributed by atoms with E-state index in [1.165, 1.54) is 30.3 Å². The van der Waals surface area contributed by atoms with E-state index in [1.54, 1.807) is 42.5 Å². The smallest absolute Gasteiger partial charge is 0.338 e. The Balaban J connectivity index is 1.52. The summed E-state index contributed by atoms with van der Waals surface area (Å²) in [5.74, 6) is -2.01. The standard InChI is InChI=1S/C26H27FN2O5S/c1-26(2,3)20-12-14-21(15-13-20)35(32,33)28-16-18-8-10-19(11-9-18)25(31)34-17-24(30)29-23-7-5-4-6-22(23)27/h4-15,28H,16-17H2,1-3H3,(H,29,30). The molecule has 0 aliphatic carbocycles. The second-order valence-electron chi connectivity index (χ2n) is 8.90. The van der Waals surface area contributed by atoms with Gasteiger partial charge < -0.3 is 10.1 Å². The Labute approximate surface area is 204 Å². The number of rotatable bonds is 8. The first kappa shape index (κ1) is 26.1. The average Bonchev–Trinajstić information content (AvgIpc) is 2.82. The van der Waals surface area contributed by atoms with Crippen molar-refractivity contribution in [2.75, 3.05) is 11.9 Å². The maximum atomic E-state index is 13.6. The van der Waals surface area contributed by atoms with E-state index < -0.39 is 34.3 Å². The van der Waals surface area contributed by atoms with E-state index in [1.807, 2.05) is 0 Å². The molecular weight excluding hydrogens is 471 g/mol. The first-order chi connectivity index (χ1) is 16.5. The molecule has 2 N–H and O–H groups in total. The lowest BCUT2D eigenvalue weighted by Gasteiger charge is -2.19. The minimum atomic E-state index is -3.71. The van der Waals surface area contributed by atoms with Gasteiger partial charge in [-0.05, 0) is 52.9 Å². The predicted octanol–water partition coefficient (Wildman–Crippen LogP) is 4.40. The van der Waals surface area contributed by atoms with E-state index in [4.69, 9.17) is 4.74 Å². The monoisotopic (exact) mass is 498 g/mol. The number of hydrogen-bond acceptors (Lipinski definition) is 5. The Morgan fingerprint density at radius 3 is 2.14 bits per heavy atom. The molecule has 1 amide bonds. The number of nitrogens with one attached hydrogen (secondary N) is 2. The van der Waals surface area contributed by atoms with Gasteiger partial charge in [0, 0.05) is 6.54 Å². The van der Waals surface area contributed by atoms with Gasteiger partial charge in [-0.1, -0.05) is 57.2 Å². The third-order valence-electron chi connectivity index (χ3n) is 5.17. The number of hydrogen-bond donors (Lipinski definition) is 2. The summed E-state index contributed by atoms with van der Waals surface area (Å²) in [5, 5.41) is 2.32. The summed E-state index contributed by atoms with van der Waals surface area (Å²) in [5.41, 5.74) is 1.76. The number of halogens is 1. The van der Waals surface area contributed by atoms with Crippen LogP contribution in [0.4, 0.5) is 10.1 Å². The number of amides is 1. The fraction of sp³-hybridized carbons (Fsp3) is 0.231. The zero-order valence-electron chi connectivity index (χ0n) is 19.7. The van der Waals surface area contributed by atoms with E-state index in [0.29, 0.717) is 5.56 Å². The Morgan fingerprint density at radius 1 is 0.914 bits per heavy atom. The largest absolute Gasteiger partial charge is 0.452 e. The molecule has 0 bridgehead atoms. The van der Waals surface area contributed by atoms with Crippen LogP contribution in [0.3, 0.4) is 0 Å². The molecule has 0 aliphatic heterocycles. The van der Waals surface area contributed by atoms with Crippen LogP contribution in [-0.2, 0) is 31.5 Å². The highest BCUT2D eigenvalue weighted by Gasteiger charge is 2.18. The molecule has 0 radical (unpaired) electrons. The van der Waals surface area contributed by atoms with E-state index in [0.717, 1.165) is 5.56 Å². The molecule has 0 saturated carbocycles. The number of benzene rings is 3. The van der Waals surface area contributed by atoms with Crippen molar-refractivity contribution >= 4 is 27.6 Å². The van der Waals surface area contributed by atoms with Gasteiger partial charge in [-0.15, -0.1) is 0 Å². The van der Waals surface area contributed by atoms with Crippen molar-refractivity contribution in [1.82, 2.24) is 4.72 Å². The van der Waals surface area contributed by atoms with Gasteiger partial charge >= 0.3 is 5.97 Å². The Morgan fingerprint density at radius 2 is 1.54 bits per heavy atom. The van der Waals surface area contributed by atoms with Crippen LogP contribution in [0.2, 0.25) is 0 Å². The van der Waals surface area contributed by atoms with Crippen LogP contribution in [0.1, 0.15) is 42.3 Å². The number of anilines is 1. The highest BCUT2D eigenvalue weighted by atomic mass is 32.2. The lowest BCUT2D eigenvalue weighted by atomic mass is 9.87. The normalized spacial score (nSPS) is 11.7. The minimum absolute atomic E-state index is 0.00880. The molecule has 9 heteroatoms. The molecule has 3 aromatic rings. The van der Waals surface area contributed by atoms with Crippen molar-refractivity contribution in [3.63, 3.8) is 0 Å². The zero-order chi connectivity index (χ0) is 25.6. The Bertz CT molecular complexity index is 1300. The lowest BCUT2D eigenvalue weighted by molar-refractivity contribution is -0.119. The van der Waals surface area contributed by atoms with Gasteiger partial charge in [0.05, 0.1) is 16.1 Å². The Hall–Kier alpha value is -3.56. The molecule has 0 spiro atoms. The van der Waals surface area contributed by atoms with Crippen LogP contribution in [0.5, 0.6) is 0 Å². The van der Waals surface area contributed by atoms with Crippen molar-refractivity contribution in [2.24, 2.45) is 0 Å². The fourth-order valence-electron chi connectivity index (χ4n) is 3.12. The summed E-state index contributed by atoms with van der Waals surface area (Å²) in [6, 6.07) is 18.5. The third-order valence-corrected chi connectivity index (χ3v) is 6.59. The highest BCUT2D eigenvalue weighted by molar-refractivity contribution is 7.89. The fourth-order valence-corrected chi connectivity index (χ4v) is 4.14. The molecule has 0 aliphatic rings. The second-order valence-corrected chi connectivity index (χ2v) is 10.7. The van der Waals surface area contributed by atoms with Crippen molar-refractivity contribution in [2.45, 2.75) is 37.6 Å². The van der Waals surface area contributed by atoms with Gasteiger partial charge in [0.15, 0.2) is 6.61 Å². The van der Waals surface area contributed by atoms with Crippen LogP contribution in [-0.4, -0.2) is 26.9 Å². The molecule has 0 atom stereocenters. The number of carbonyl (C=O) groups is 2. The summed E-state index contributed by atoms with van der Waals surface area (Å²) in [4.78, 5) is 24.3. The van der Waals surface area contributed by atoms with E-state index in [2.05, 4.69) is 30.8 Å². The molecule has 35 heavy (non-hydrogen) atoms. The third kappa shape index (κ3) is 7.21.